The number of anilines is 2. The first-order valence-electron chi connectivity index (χ1n) is 10.3. The van der Waals surface area contributed by atoms with Gasteiger partial charge in [0.1, 0.15) is 11.6 Å². The van der Waals surface area contributed by atoms with Gasteiger partial charge in [0.2, 0.25) is 0 Å². The maximum Gasteiger partial charge on any atom is 0.326 e. The molecule has 1 aliphatic heterocycles. The van der Waals surface area contributed by atoms with Gasteiger partial charge in [0.05, 0.1) is 19.3 Å². The minimum absolute atomic E-state index is 0.241. The molecule has 0 bridgehead atoms. The van der Waals surface area contributed by atoms with Crippen LogP contribution in [0.4, 0.5) is 16.2 Å². The third-order valence-electron chi connectivity index (χ3n) is 5.41. The summed E-state index contributed by atoms with van der Waals surface area (Å²) in [6, 6.07) is 15.0. The average Bonchev–Trinajstić information content (AvgIpc) is 2.99. The SMILES string of the molecule is COc1ccccc1N(Cc1nnc2n1CCCCC2)C(=O)Nc1ccc(C)cc1. The van der Waals surface area contributed by atoms with E-state index >= 15 is 0 Å². The van der Waals surface area contributed by atoms with Crippen LogP contribution in [0.1, 0.15) is 36.5 Å². The summed E-state index contributed by atoms with van der Waals surface area (Å²) in [4.78, 5) is 15.0. The number of hydrogen-bond donors (Lipinski definition) is 1. The van der Waals surface area contributed by atoms with Crippen LogP contribution in [0, 0.1) is 6.92 Å². The van der Waals surface area contributed by atoms with Crippen molar-refractivity contribution in [1.82, 2.24) is 14.8 Å². The van der Waals surface area contributed by atoms with Crippen LogP contribution in [0.2, 0.25) is 0 Å². The number of carbonyl (C=O) groups is 1. The van der Waals surface area contributed by atoms with Crippen molar-refractivity contribution in [3.63, 3.8) is 0 Å². The van der Waals surface area contributed by atoms with Crippen molar-refractivity contribution in [2.24, 2.45) is 0 Å². The van der Waals surface area contributed by atoms with Gasteiger partial charge in [0.15, 0.2) is 5.82 Å². The summed E-state index contributed by atoms with van der Waals surface area (Å²) < 4.78 is 7.69. The van der Waals surface area contributed by atoms with E-state index in [1.54, 1.807) is 12.0 Å². The molecule has 2 heterocycles. The number of aromatic nitrogens is 3. The van der Waals surface area contributed by atoms with Crippen molar-refractivity contribution in [3.8, 4) is 5.75 Å². The van der Waals surface area contributed by atoms with Crippen molar-refractivity contribution in [2.75, 3.05) is 17.3 Å². The highest BCUT2D eigenvalue weighted by atomic mass is 16.5. The number of ether oxygens (including phenoxy) is 1. The molecular weight excluding hydrogens is 378 g/mol. The zero-order valence-electron chi connectivity index (χ0n) is 17.5. The lowest BCUT2D eigenvalue weighted by atomic mass is 10.2. The van der Waals surface area contributed by atoms with E-state index < -0.39 is 0 Å². The smallest absolute Gasteiger partial charge is 0.326 e. The zero-order valence-corrected chi connectivity index (χ0v) is 17.5. The Balaban J connectivity index is 1.66. The Morgan fingerprint density at radius 2 is 1.90 bits per heavy atom. The van der Waals surface area contributed by atoms with Crippen molar-refractivity contribution in [3.05, 3.63) is 65.7 Å². The molecule has 0 fully saturated rings. The molecule has 1 aromatic heterocycles. The highest BCUT2D eigenvalue weighted by Gasteiger charge is 2.24. The lowest BCUT2D eigenvalue weighted by Crippen LogP contribution is -2.35. The quantitative estimate of drug-likeness (QED) is 0.675. The van der Waals surface area contributed by atoms with Gasteiger partial charge in [-0.1, -0.05) is 36.2 Å². The minimum atomic E-state index is -0.241. The molecule has 0 saturated carbocycles. The van der Waals surface area contributed by atoms with E-state index in [9.17, 15) is 4.79 Å². The molecule has 156 valence electrons. The maximum absolute atomic E-state index is 13.3. The highest BCUT2D eigenvalue weighted by Crippen LogP contribution is 2.30. The third-order valence-corrected chi connectivity index (χ3v) is 5.41. The van der Waals surface area contributed by atoms with Gasteiger partial charge in [-0.3, -0.25) is 4.90 Å². The Morgan fingerprint density at radius 1 is 1.10 bits per heavy atom. The maximum atomic E-state index is 13.3. The van der Waals surface area contributed by atoms with Crippen LogP contribution in [-0.2, 0) is 19.5 Å². The van der Waals surface area contributed by atoms with Crippen LogP contribution in [0.5, 0.6) is 5.75 Å². The molecule has 2 aromatic carbocycles. The predicted octanol–water partition coefficient (Wildman–Crippen LogP) is 4.56. The molecule has 7 heteroatoms. The molecule has 7 nitrogen and oxygen atoms in total. The zero-order chi connectivity index (χ0) is 20.9. The van der Waals surface area contributed by atoms with Crippen LogP contribution in [-0.4, -0.2) is 27.9 Å². The van der Waals surface area contributed by atoms with Crippen LogP contribution in [0.3, 0.4) is 0 Å². The summed E-state index contributed by atoms with van der Waals surface area (Å²) in [5.74, 6) is 2.42. The molecule has 2 amide bonds. The number of carbonyl (C=O) groups excluding carboxylic acids is 1. The molecule has 0 unspecified atom stereocenters. The number of aryl methyl sites for hydroxylation is 2. The lowest BCUT2D eigenvalue weighted by molar-refractivity contribution is 0.256. The van der Waals surface area contributed by atoms with E-state index in [1.807, 2.05) is 55.5 Å². The fourth-order valence-corrected chi connectivity index (χ4v) is 3.75. The largest absolute Gasteiger partial charge is 0.495 e. The van der Waals surface area contributed by atoms with Gasteiger partial charge >= 0.3 is 6.03 Å². The molecule has 0 saturated heterocycles. The van der Waals surface area contributed by atoms with Gasteiger partial charge in [-0.05, 0) is 44.0 Å². The Bertz CT molecular complexity index is 1010. The number of nitrogens with zero attached hydrogens (tertiary/aromatic N) is 4. The number of urea groups is 1. The first-order chi connectivity index (χ1) is 14.7. The van der Waals surface area contributed by atoms with Crippen molar-refractivity contribution >= 4 is 17.4 Å². The van der Waals surface area contributed by atoms with E-state index in [2.05, 4.69) is 20.1 Å². The first kappa shape index (κ1) is 19.9. The second-order valence-electron chi connectivity index (χ2n) is 7.55. The molecule has 3 aromatic rings. The monoisotopic (exact) mass is 405 g/mol. The van der Waals surface area contributed by atoms with Crippen LogP contribution in [0.15, 0.2) is 48.5 Å². The summed E-state index contributed by atoms with van der Waals surface area (Å²) in [7, 11) is 1.61. The van der Waals surface area contributed by atoms with Crippen LogP contribution < -0.4 is 15.0 Å². The molecule has 4 rings (SSSR count). The average molecular weight is 406 g/mol. The lowest BCUT2D eigenvalue weighted by Gasteiger charge is -2.25. The molecule has 0 aliphatic carbocycles. The van der Waals surface area contributed by atoms with Crippen LogP contribution >= 0.6 is 0 Å². The first-order valence-corrected chi connectivity index (χ1v) is 10.3. The summed E-state index contributed by atoms with van der Waals surface area (Å²) in [5.41, 5.74) is 2.57. The highest BCUT2D eigenvalue weighted by molar-refractivity contribution is 6.02. The number of para-hydroxylation sites is 2. The Labute approximate surface area is 176 Å². The Morgan fingerprint density at radius 3 is 2.70 bits per heavy atom. The van der Waals surface area contributed by atoms with Crippen molar-refractivity contribution in [2.45, 2.75) is 45.7 Å². The normalized spacial score (nSPS) is 13.3. The Hall–Kier alpha value is -3.35. The number of hydrogen-bond acceptors (Lipinski definition) is 4. The molecule has 1 aliphatic rings. The number of methoxy groups -OCH3 is 1. The summed E-state index contributed by atoms with van der Waals surface area (Å²) in [6.45, 7) is 3.21. The second-order valence-corrected chi connectivity index (χ2v) is 7.55. The Kier molecular flexibility index (Phi) is 5.97. The number of fused-ring (bicyclic) bond motifs is 1. The molecule has 0 radical (unpaired) electrons. The third kappa shape index (κ3) is 4.30. The molecular formula is C23H27N5O2. The van der Waals surface area contributed by atoms with Gasteiger partial charge in [0, 0.05) is 18.7 Å². The molecule has 30 heavy (non-hydrogen) atoms. The molecule has 0 atom stereocenters. The number of amides is 2. The predicted molar refractivity (Wildman–Crippen MR) is 117 cm³/mol. The van der Waals surface area contributed by atoms with Gasteiger partial charge < -0.3 is 14.6 Å². The van der Waals surface area contributed by atoms with Gasteiger partial charge in [0.25, 0.3) is 0 Å². The van der Waals surface area contributed by atoms with Gasteiger partial charge in [-0.25, -0.2) is 4.79 Å². The second kappa shape index (κ2) is 8.98. The van der Waals surface area contributed by atoms with E-state index in [-0.39, 0.29) is 6.03 Å². The van der Waals surface area contributed by atoms with E-state index in [4.69, 9.17) is 4.74 Å². The van der Waals surface area contributed by atoms with E-state index in [0.717, 1.165) is 48.7 Å². The molecule has 0 spiro atoms. The van der Waals surface area contributed by atoms with Crippen LogP contribution in [0.25, 0.3) is 0 Å². The van der Waals surface area contributed by atoms with Gasteiger partial charge in [-0.15, -0.1) is 10.2 Å². The summed E-state index contributed by atoms with van der Waals surface area (Å²) in [6.07, 6.45) is 4.34. The van der Waals surface area contributed by atoms with E-state index in [0.29, 0.717) is 18.0 Å². The van der Waals surface area contributed by atoms with Crippen molar-refractivity contribution in [1.29, 1.82) is 0 Å². The fraction of sp³-hybridized carbons (Fsp3) is 0.348. The minimum Gasteiger partial charge on any atom is -0.495 e. The topological polar surface area (TPSA) is 72.3 Å². The fourth-order valence-electron chi connectivity index (χ4n) is 3.75. The summed E-state index contributed by atoms with van der Waals surface area (Å²) >= 11 is 0. The van der Waals surface area contributed by atoms with Gasteiger partial charge in [-0.2, -0.15) is 0 Å². The standard InChI is InChI=1S/C23H27N5O2/c1-17-11-13-18(14-12-17)24-23(29)28(19-8-5-6-9-20(19)30-2)16-22-26-25-21-10-4-3-7-15-27(21)22/h5-6,8-9,11-14H,3-4,7,10,15-16H2,1-2H3,(H,24,29). The van der Waals surface area contributed by atoms with Crippen molar-refractivity contribution < 1.29 is 9.53 Å². The summed E-state index contributed by atoms with van der Waals surface area (Å²) in [5, 5.41) is 11.8. The number of rotatable bonds is 5. The molecule has 1 N–H and O–H groups in total. The van der Waals surface area contributed by atoms with E-state index in [1.165, 1.54) is 6.42 Å². The number of benzene rings is 2. The number of nitrogens with one attached hydrogen (secondary N) is 1.